The van der Waals surface area contributed by atoms with Gasteiger partial charge in [0, 0.05) is 0 Å². The number of cyclic esters (lactones) is 1. The van der Waals surface area contributed by atoms with Crippen molar-refractivity contribution >= 4 is 46.7 Å². The van der Waals surface area contributed by atoms with Crippen molar-refractivity contribution in [3.05, 3.63) is 0 Å². The van der Waals surface area contributed by atoms with Crippen LogP contribution in [0.1, 0.15) is 27.2 Å². The average molecular weight is 318 g/mol. The van der Waals surface area contributed by atoms with Crippen molar-refractivity contribution in [2.75, 3.05) is 6.61 Å². The van der Waals surface area contributed by atoms with E-state index in [4.69, 9.17) is 44.3 Å². The lowest BCUT2D eigenvalue weighted by atomic mass is 9.80. The third-order valence-corrected chi connectivity index (χ3v) is 4.33. The Morgan fingerprint density at radius 2 is 2.11 bits per heavy atom. The molecule has 0 saturated carbocycles. The second kappa shape index (κ2) is 5.43. The van der Waals surface area contributed by atoms with Crippen LogP contribution in [0.2, 0.25) is 0 Å². The summed E-state index contributed by atoms with van der Waals surface area (Å²) >= 11 is 18.1. The van der Waals surface area contributed by atoms with Gasteiger partial charge in [-0.3, -0.25) is 4.79 Å². The van der Waals surface area contributed by atoms with Crippen molar-refractivity contribution in [2.24, 2.45) is 5.41 Å². The molecule has 7 heteroatoms. The number of carbonyl (C=O) groups is 2. The summed E-state index contributed by atoms with van der Waals surface area (Å²) < 4.78 is 7.79. The third kappa shape index (κ3) is 3.03. The minimum absolute atomic E-state index is 0.122. The highest BCUT2D eigenvalue weighted by molar-refractivity contribution is 6.58. The van der Waals surface area contributed by atoms with E-state index in [1.54, 1.807) is 20.8 Å². The zero-order valence-electron chi connectivity index (χ0n) is 10.3. The molecule has 0 radical (unpaired) electrons. The highest BCUT2D eigenvalue weighted by Gasteiger charge is 2.56. The van der Waals surface area contributed by atoms with E-state index in [9.17, 15) is 9.59 Å². The molecule has 1 aliphatic heterocycles. The summed E-state index contributed by atoms with van der Waals surface area (Å²) in [4.78, 5) is 23.2. The fourth-order valence-corrected chi connectivity index (χ4v) is 2.62. The predicted molar refractivity (Wildman–Crippen MR) is 69.0 cm³/mol. The summed E-state index contributed by atoms with van der Waals surface area (Å²) in [5.41, 5.74) is -0.566. The van der Waals surface area contributed by atoms with Crippen LogP contribution in [0.4, 0.5) is 0 Å². The van der Waals surface area contributed by atoms with Crippen LogP contribution in [0.5, 0.6) is 0 Å². The Kier molecular flexibility index (Phi) is 4.79. The van der Waals surface area contributed by atoms with E-state index in [1.165, 1.54) is 0 Å². The average Bonchev–Trinajstić information content (AvgIpc) is 2.22. The molecule has 0 aromatic heterocycles. The Morgan fingerprint density at radius 3 is 2.61 bits per heavy atom. The van der Waals surface area contributed by atoms with Gasteiger partial charge in [0.1, 0.15) is 0 Å². The van der Waals surface area contributed by atoms with E-state index in [1.807, 2.05) is 0 Å². The zero-order chi connectivity index (χ0) is 14.1. The van der Waals surface area contributed by atoms with Gasteiger partial charge in [0.05, 0.1) is 18.4 Å². The van der Waals surface area contributed by atoms with Gasteiger partial charge in [-0.15, -0.1) is 11.6 Å². The number of esters is 2. The molecule has 0 aliphatic carbocycles. The van der Waals surface area contributed by atoms with Gasteiger partial charge in [-0.1, -0.05) is 37.0 Å². The number of hydrogen-bond acceptors (Lipinski definition) is 4. The smallest absolute Gasteiger partial charge is 0.346 e. The molecule has 0 aromatic carbocycles. The number of halogens is 3. The fourth-order valence-electron chi connectivity index (χ4n) is 1.72. The molecule has 2 atom stereocenters. The Bertz CT molecular complexity index is 354. The van der Waals surface area contributed by atoms with E-state index < -0.39 is 33.2 Å². The molecule has 1 heterocycles. The number of rotatable bonds is 3. The van der Waals surface area contributed by atoms with Crippen LogP contribution in [0.3, 0.4) is 0 Å². The number of alkyl halides is 3. The summed E-state index contributed by atoms with van der Waals surface area (Å²) in [5, 5.41) is -0.686. The van der Waals surface area contributed by atoms with Crippen LogP contribution in [-0.4, -0.2) is 34.4 Å². The molecule has 104 valence electrons. The quantitative estimate of drug-likeness (QED) is 0.593. The van der Waals surface area contributed by atoms with Crippen molar-refractivity contribution in [2.45, 2.75) is 43.0 Å². The third-order valence-electron chi connectivity index (χ3n) is 2.78. The molecule has 1 rings (SSSR count). The van der Waals surface area contributed by atoms with E-state index in [0.717, 1.165) is 0 Å². The van der Waals surface area contributed by atoms with Crippen LogP contribution >= 0.6 is 34.8 Å². The largest absolute Gasteiger partial charge is 0.464 e. The molecule has 0 aromatic rings. The van der Waals surface area contributed by atoms with Crippen LogP contribution < -0.4 is 0 Å². The maximum atomic E-state index is 11.7. The van der Waals surface area contributed by atoms with Crippen LogP contribution in [0, 0.1) is 5.41 Å². The molecule has 1 fully saturated rings. The zero-order valence-corrected chi connectivity index (χ0v) is 12.6. The molecular weight excluding hydrogens is 302 g/mol. The summed E-state index contributed by atoms with van der Waals surface area (Å²) in [6.45, 7) is 5.31. The summed E-state index contributed by atoms with van der Waals surface area (Å²) in [5.74, 6) is -1.36. The van der Waals surface area contributed by atoms with E-state index in [-0.39, 0.29) is 13.0 Å². The van der Waals surface area contributed by atoms with Crippen molar-refractivity contribution < 1.29 is 19.1 Å². The molecule has 1 saturated heterocycles. The molecule has 0 N–H and O–H groups in total. The monoisotopic (exact) mass is 316 g/mol. The Hall–Kier alpha value is -0.190. The fraction of sp³-hybridized carbons (Fsp3) is 0.818. The first-order valence-electron chi connectivity index (χ1n) is 5.51. The van der Waals surface area contributed by atoms with Crippen molar-refractivity contribution in [1.29, 1.82) is 0 Å². The first-order valence-corrected chi connectivity index (χ1v) is 6.70. The Morgan fingerprint density at radius 1 is 1.56 bits per heavy atom. The van der Waals surface area contributed by atoms with Crippen LogP contribution in [-0.2, 0) is 19.1 Å². The van der Waals surface area contributed by atoms with Gasteiger partial charge in [-0.2, -0.15) is 0 Å². The first kappa shape index (κ1) is 15.9. The first-order chi connectivity index (χ1) is 8.13. The minimum atomic E-state index is -2.00. The maximum absolute atomic E-state index is 11.7. The van der Waals surface area contributed by atoms with Crippen LogP contribution in [0.25, 0.3) is 0 Å². The SMILES string of the molecule is CCOC(=O)C(Cl)(Cl)C1OC(=O)CC(C)(C)C1Cl. The Labute approximate surface area is 121 Å². The van der Waals surface area contributed by atoms with E-state index >= 15 is 0 Å². The molecule has 18 heavy (non-hydrogen) atoms. The molecule has 0 spiro atoms. The lowest BCUT2D eigenvalue weighted by Crippen LogP contribution is -2.56. The van der Waals surface area contributed by atoms with Gasteiger partial charge < -0.3 is 9.47 Å². The molecular formula is C11H15Cl3O4. The van der Waals surface area contributed by atoms with Gasteiger partial charge in [0.15, 0.2) is 6.10 Å². The standard InChI is InChI=1S/C11H15Cl3O4/c1-4-17-9(16)11(13,14)8-7(12)10(2,3)5-6(15)18-8/h7-8H,4-5H2,1-3H3. The number of carbonyl (C=O) groups excluding carboxylic acids is 2. The summed E-state index contributed by atoms with van der Waals surface area (Å²) in [6, 6.07) is 0. The topological polar surface area (TPSA) is 52.6 Å². The molecule has 0 amide bonds. The molecule has 2 unspecified atom stereocenters. The lowest BCUT2D eigenvalue weighted by Gasteiger charge is -2.42. The normalized spacial score (nSPS) is 27.6. The maximum Gasteiger partial charge on any atom is 0.346 e. The molecule has 0 bridgehead atoms. The second-order valence-corrected chi connectivity index (χ2v) is 6.68. The van der Waals surface area contributed by atoms with Gasteiger partial charge in [0.25, 0.3) is 4.33 Å². The number of hydrogen-bond donors (Lipinski definition) is 0. The second-order valence-electron chi connectivity index (χ2n) is 4.82. The van der Waals surface area contributed by atoms with Gasteiger partial charge >= 0.3 is 11.9 Å². The van der Waals surface area contributed by atoms with Crippen LogP contribution in [0.15, 0.2) is 0 Å². The highest BCUT2D eigenvalue weighted by Crippen LogP contribution is 2.44. The van der Waals surface area contributed by atoms with E-state index in [2.05, 4.69) is 0 Å². The summed E-state index contributed by atoms with van der Waals surface area (Å²) in [7, 11) is 0. The predicted octanol–water partition coefficient (Wildman–Crippen LogP) is 2.67. The lowest BCUT2D eigenvalue weighted by molar-refractivity contribution is -0.165. The van der Waals surface area contributed by atoms with Gasteiger partial charge in [0.2, 0.25) is 0 Å². The molecule has 4 nitrogen and oxygen atoms in total. The van der Waals surface area contributed by atoms with E-state index in [0.29, 0.717) is 0 Å². The van der Waals surface area contributed by atoms with Gasteiger partial charge in [-0.05, 0) is 12.3 Å². The van der Waals surface area contributed by atoms with Gasteiger partial charge in [-0.25, -0.2) is 4.79 Å². The minimum Gasteiger partial charge on any atom is -0.464 e. The van der Waals surface area contributed by atoms with Crippen molar-refractivity contribution in [3.63, 3.8) is 0 Å². The Balaban J connectivity index is 2.99. The number of ether oxygens (including phenoxy) is 2. The van der Waals surface area contributed by atoms with Crippen molar-refractivity contribution in [3.8, 4) is 0 Å². The van der Waals surface area contributed by atoms with Crippen molar-refractivity contribution in [1.82, 2.24) is 0 Å². The summed E-state index contributed by atoms with van der Waals surface area (Å²) in [6.07, 6.45) is -0.998. The molecule has 1 aliphatic rings. The highest BCUT2D eigenvalue weighted by atomic mass is 35.5.